The van der Waals surface area contributed by atoms with Crippen molar-refractivity contribution in [2.45, 2.75) is 6.42 Å². The lowest BCUT2D eigenvalue weighted by Crippen LogP contribution is -2.00. The second-order valence-electron chi connectivity index (χ2n) is 4.21. The summed E-state index contributed by atoms with van der Waals surface area (Å²) >= 11 is 0. The van der Waals surface area contributed by atoms with Crippen LogP contribution in [0.15, 0.2) is 42.9 Å². The van der Waals surface area contributed by atoms with Gasteiger partial charge in [0.2, 0.25) is 0 Å². The van der Waals surface area contributed by atoms with E-state index in [1.54, 1.807) is 0 Å². The molecule has 0 spiro atoms. The van der Waals surface area contributed by atoms with Crippen molar-refractivity contribution >= 4 is 17.0 Å². The Balaban J connectivity index is 2.13. The van der Waals surface area contributed by atoms with E-state index in [1.165, 1.54) is 12.5 Å². The minimum absolute atomic E-state index is 0.210. The van der Waals surface area contributed by atoms with Crippen molar-refractivity contribution in [2.75, 3.05) is 0 Å². The van der Waals surface area contributed by atoms with Gasteiger partial charge in [-0.05, 0) is 5.56 Å². The van der Waals surface area contributed by atoms with Gasteiger partial charge in [-0.15, -0.1) is 0 Å². The number of aromatic amines is 1. The number of nitrogens with zero attached hydrogens (tertiary/aromatic N) is 2. The third kappa shape index (κ3) is 2.06. The lowest BCUT2D eigenvalue weighted by atomic mass is 10.1. The average molecular weight is 253 g/mol. The van der Waals surface area contributed by atoms with Gasteiger partial charge in [0.15, 0.2) is 0 Å². The summed E-state index contributed by atoms with van der Waals surface area (Å²) in [6.45, 7) is 0. The monoisotopic (exact) mass is 253 g/mol. The maximum atomic E-state index is 11.2. The fourth-order valence-electron chi connectivity index (χ4n) is 2.12. The van der Waals surface area contributed by atoms with E-state index < -0.39 is 5.97 Å². The number of benzene rings is 1. The number of aromatic nitrogens is 3. The number of carboxylic acids is 1. The predicted octanol–water partition coefficient (Wildman–Crippen LogP) is 2.25. The molecule has 0 saturated heterocycles. The van der Waals surface area contributed by atoms with Crippen molar-refractivity contribution in [1.82, 2.24) is 15.0 Å². The quantitative estimate of drug-likeness (QED) is 0.750. The molecule has 2 heterocycles. The molecule has 0 aliphatic rings. The normalized spacial score (nSPS) is 10.7. The summed E-state index contributed by atoms with van der Waals surface area (Å²) in [5.41, 5.74) is 2.56. The van der Waals surface area contributed by atoms with Crippen molar-refractivity contribution in [3.8, 4) is 0 Å². The molecule has 94 valence electrons. The summed E-state index contributed by atoms with van der Waals surface area (Å²) in [5, 5.41) is 9.77. The van der Waals surface area contributed by atoms with Gasteiger partial charge in [0, 0.05) is 12.6 Å². The van der Waals surface area contributed by atoms with Gasteiger partial charge in [0.05, 0.1) is 16.6 Å². The Morgan fingerprint density at radius 3 is 2.74 bits per heavy atom. The van der Waals surface area contributed by atoms with Crippen LogP contribution >= 0.6 is 0 Å². The number of carboxylic acid groups (broad SMARTS) is 1. The Hall–Kier alpha value is -2.69. The molecule has 0 aliphatic carbocycles. The molecule has 0 bridgehead atoms. The van der Waals surface area contributed by atoms with E-state index in [0.29, 0.717) is 17.5 Å². The number of aromatic carboxylic acids is 1. The standard InChI is InChI=1S/C14H11N3O2/c18-14(19)10-7-15-13-12(10)11(16-8-17-13)6-9-4-2-1-3-5-9/h1-5,7-8H,6H2,(H,18,19)(H,15,16,17). The first-order valence-electron chi connectivity index (χ1n) is 5.84. The summed E-state index contributed by atoms with van der Waals surface area (Å²) < 4.78 is 0. The van der Waals surface area contributed by atoms with E-state index in [-0.39, 0.29) is 5.56 Å². The zero-order chi connectivity index (χ0) is 13.2. The van der Waals surface area contributed by atoms with Crippen LogP contribution in [0.4, 0.5) is 0 Å². The molecule has 0 fully saturated rings. The highest BCUT2D eigenvalue weighted by molar-refractivity contribution is 6.03. The molecule has 5 heteroatoms. The maximum absolute atomic E-state index is 11.2. The summed E-state index contributed by atoms with van der Waals surface area (Å²) in [7, 11) is 0. The number of hydrogen-bond acceptors (Lipinski definition) is 3. The largest absolute Gasteiger partial charge is 0.478 e. The number of hydrogen-bond donors (Lipinski definition) is 2. The van der Waals surface area contributed by atoms with Crippen LogP contribution in [0.2, 0.25) is 0 Å². The van der Waals surface area contributed by atoms with Crippen LogP contribution in [0.5, 0.6) is 0 Å². The van der Waals surface area contributed by atoms with Crippen molar-refractivity contribution in [3.63, 3.8) is 0 Å². The second-order valence-corrected chi connectivity index (χ2v) is 4.21. The highest BCUT2D eigenvalue weighted by Crippen LogP contribution is 2.21. The van der Waals surface area contributed by atoms with Gasteiger partial charge >= 0.3 is 5.97 Å². The van der Waals surface area contributed by atoms with Crippen LogP contribution in [-0.2, 0) is 6.42 Å². The topological polar surface area (TPSA) is 78.9 Å². The molecule has 3 rings (SSSR count). The third-order valence-corrected chi connectivity index (χ3v) is 2.99. The number of nitrogens with one attached hydrogen (secondary N) is 1. The predicted molar refractivity (Wildman–Crippen MR) is 70.1 cm³/mol. The number of fused-ring (bicyclic) bond motifs is 1. The van der Waals surface area contributed by atoms with Crippen LogP contribution in [0.25, 0.3) is 11.0 Å². The highest BCUT2D eigenvalue weighted by Gasteiger charge is 2.15. The summed E-state index contributed by atoms with van der Waals surface area (Å²) in [5.74, 6) is -0.977. The lowest BCUT2D eigenvalue weighted by Gasteiger charge is -2.03. The Bertz CT molecular complexity index is 735. The molecule has 0 unspecified atom stereocenters. The molecule has 0 saturated carbocycles. The molecule has 0 radical (unpaired) electrons. The van der Waals surface area contributed by atoms with Gasteiger partial charge in [-0.2, -0.15) is 0 Å². The molecule has 19 heavy (non-hydrogen) atoms. The van der Waals surface area contributed by atoms with Gasteiger partial charge in [-0.25, -0.2) is 14.8 Å². The first-order valence-corrected chi connectivity index (χ1v) is 5.84. The lowest BCUT2D eigenvalue weighted by molar-refractivity contribution is 0.0699. The summed E-state index contributed by atoms with van der Waals surface area (Å²) in [6.07, 6.45) is 3.48. The molecule has 1 aromatic carbocycles. The van der Waals surface area contributed by atoms with E-state index in [9.17, 15) is 9.90 Å². The maximum Gasteiger partial charge on any atom is 0.338 e. The Labute approximate surface area is 109 Å². The first kappa shape index (κ1) is 11.4. The van der Waals surface area contributed by atoms with Crippen molar-refractivity contribution in [3.05, 3.63) is 59.7 Å². The van der Waals surface area contributed by atoms with Crippen molar-refractivity contribution in [2.24, 2.45) is 0 Å². The average Bonchev–Trinajstić information content (AvgIpc) is 2.85. The minimum Gasteiger partial charge on any atom is -0.478 e. The van der Waals surface area contributed by atoms with Gasteiger partial charge in [0.1, 0.15) is 12.0 Å². The summed E-state index contributed by atoms with van der Waals surface area (Å²) in [4.78, 5) is 22.3. The van der Waals surface area contributed by atoms with E-state index in [0.717, 1.165) is 11.3 Å². The zero-order valence-electron chi connectivity index (χ0n) is 10.00. The Kier molecular flexibility index (Phi) is 2.72. The van der Waals surface area contributed by atoms with E-state index in [4.69, 9.17) is 0 Å². The van der Waals surface area contributed by atoms with Crippen LogP contribution in [-0.4, -0.2) is 26.0 Å². The van der Waals surface area contributed by atoms with Gasteiger partial charge in [-0.3, -0.25) is 0 Å². The molecular formula is C14H11N3O2. The zero-order valence-corrected chi connectivity index (χ0v) is 10.00. The van der Waals surface area contributed by atoms with Crippen LogP contribution in [0.3, 0.4) is 0 Å². The van der Waals surface area contributed by atoms with Crippen molar-refractivity contribution < 1.29 is 9.90 Å². The second kappa shape index (κ2) is 4.53. The van der Waals surface area contributed by atoms with Gasteiger partial charge in [0.25, 0.3) is 0 Å². The third-order valence-electron chi connectivity index (χ3n) is 2.99. The smallest absolute Gasteiger partial charge is 0.338 e. The van der Waals surface area contributed by atoms with E-state index in [2.05, 4.69) is 15.0 Å². The van der Waals surface area contributed by atoms with Crippen molar-refractivity contribution in [1.29, 1.82) is 0 Å². The fourth-order valence-corrected chi connectivity index (χ4v) is 2.12. The Morgan fingerprint density at radius 1 is 1.21 bits per heavy atom. The highest BCUT2D eigenvalue weighted by atomic mass is 16.4. The molecule has 0 aliphatic heterocycles. The summed E-state index contributed by atoms with van der Waals surface area (Å²) in [6, 6.07) is 9.81. The molecule has 3 aromatic rings. The van der Waals surface area contributed by atoms with Crippen LogP contribution < -0.4 is 0 Å². The molecular weight excluding hydrogens is 242 g/mol. The molecule has 0 amide bonds. The number of H-pyrrole nitrogens is 1. The van der Waals surface area contributed by atoms with Gasteiger partial charge in [-0.1, -0.05) is 30.3 Å². The number of rotatable bonds is 3. The van der Waals surface area contributed by atoms with Crippen LogP contribution in [0.1, 0.15) is 21.6 Å². The van der Waals surface area contributed by atoms with E-state index >= 15 is 0 Å². The first-order chi connectivity index (χ1) is 9.25. The number of carbonyl (C=O) groups is 1. The molecule has 2 aromatic heterocycles. The Morgan fingerprint density at radius 2 is 2.00 bits per heavy atom. The molecule has 5 nitrogen and oxygen atoms in total. The minimum atomic E-state index is -0.977. The van der Waals surface area contributed by atoms with Crippen LogP contribution in [0, 0.1) is 0 Å². The molecule has 0 atom stereocenters. The fraction of sp³-hybridized carbons (Fsp3) is 0.0714. The van der Waals surface area contributed by atoms with Gasteiger partial charge < -0.3 is 10.1 Å². The molecule has 2 N–H and O–H groups in total. The van der Waals surface area contributed by atoms with E-state index in [1.807, 2.05) is 30.3 Å². The SMILES string of the molecule is O=C(O)c1c[nH]c2ncnc(Cc3ccccc3)c12.